The summed E-state index contributed by atoms with van der Waals surface area (Å²) in [5.74, 6) is 7.31. The number of ether oxygens (including phenoxy) is 1. The number of nitrogen functional groups attached to an aromatic ring is 1. The lowest BCUT2D eigenvalue weighted by Gasteiger charge is -2.10. The molecule has 0 saturated carbocycles. The topological polar surface area (TPSA) is 90.3 Å². The van der Waals surface area contributed by atoms with E-state index in [0.717, 1.165) is 16.7 Å². The Hall–Kier alpha value is -3.56. The van der Waals surface area contributed by atoms with Gasteiger partial charge >= 0.3 is 0 Å². The van der Waals surface area contributed by atoms with Crippen molar-refractivity contribution >= 4 is 35.5 Å². The zero-order valence-electron chi connectivity index (χ0n) is 17.4. The third-order valence-corrected chi connectivity index (χ3v) is 5.96. The van der Waals surface area contributed by atoms with Crippen LogP contribution in [0, 0.1) is 5.82 Å². The van der Waals surface area contributed by atoms with E-state index in [0.29, 0.717) is 28.3 Å². The lowest BCUT2D eigenvalue weighted by atomic mass is 10.2. The predicted molar refractivity (Wildman–Crippen MR) is 130 cm³/mol. The van der Waals surface area contributed by atoms with Crippen LogP contribution in [0.5, 0.6) is 5.75 Å². The Morgan fingerprint density at radius 2 is 1.82 bits per heavy atom. The maximum Gasteiger partial charge on any atom is 0.264 e. The van der Waals surface area contributed by atoms with Gasteiger partial charge in [0, 0.05) is 21.9 Å². The Bertz CT molecular complexity index is 1250. The molecule has 0 bridgehead atoms. The standard InChI is InChI=1S/C23H20ClFN6OS/c24-20-7-3-1-6-18(20)14-32-21-8-4-2-5-17(21)13-27-28-22-29-30-23(31(22)26)33-15-16-9-11-19(25)12-10-16/h1-13H,14-15,26H2,(H,28,29)/b27-13+. The summed E-state index contributed by atoms with van der Waals surface area (Å²) in [4.78, 5) is 0. The summed E-state index contributed by atoms with van der Waals surface area (Å²) in [6, 6.07) is 21.3. The Morgan fingerprint density at radius 1 is 1.06 bits per heavy atom. The van der Waals surface area contributed by atoms with E-state index in [1.165, 1.54) is 28.6 Å². The molecule has 0 aliphatic rings. The van der Waals surface area contributed by atoms with Crippen LogP contribution >= 0.6 is 23.4 Å². The number of hydrogen-bond acceptors (Lipinski definition) is 7. The molecule has 4 aromatic rings. The van der Waals surface area contributed by atoms with Crippen molar-refractivity contribution in [2.45, 2.75) is 17.5 Å². The number of thioether (sulfide) groups is 1. The van der Waals surface area contributed by atoms with Gasteiger partial charge in [0.1, 0.15) is 18.2 Å². The Labute approximate surface area is 199 Å². The molecule has 0 saturated heterocycles. The summed E-state index contributed by atoms with van der Waals surface area (Å²) < 4.78 is 20.3. The van der Waals surface area contributed by atoms with Crippen molar-refractivity contribution in [2.24, 2.45) is 5.10 Å². The molecule has 33 heavy (non-hydrogen) atoms. The molecule has 7 nitrogen and oxygen atoms in total. The number of halogens is 2. The van der Waals surface area contributed by atoms with Crippen LogP contribution in [-0.2, 0) is 12.4 Å². The quantitative estimate of drug-likeness (QED) is 0.149. The van der Waals surface area contributed by atoms with Gasteiger partial charge in [-0.25, -0.2) is 14.5 Å². The highest BCUT2D eigenvalue weighted by Crippen LogP contribution is 2.23. The number of anilines is 1. The SMILES string of the molecule is Nn1c(N/N=C/c2ccccc2OCc2ccccc2Cl)nnc1SCc1ccc(F)cc1. The fraction of sp³-hybridized carbons (Fsp3) is 0.0870. The second-order valence-corrected chi connectivity index (χ2v) is 8.23. The number of nitrogens with two attached hydrogens (primary N) is 1. The average molecular weight is 483 g/mol. The number of aromatic nitrogens is 3. The Kier molecular flexibility index (Phi) is 7.43. The first-order chi connectivity index (χ1) is 16.1. The van der Waals surface area contributed by atoms with Crippen LogP contribution in [0.15, 0.2) is 83.1 Å². The van der Waals surface area contributed by atoms with Crippen molar-refractivity contribution in [3.05, 3.63) is 100 Å². The van der Waals surface area contributed by atoms with E-state index in [-0.39, 0.29) is 11.8 Å². The van der Waals surface area contributed by atoms with Gasteiger partial charge in [-0.05, 0) is 35.9 Å². The van der Waals surface area contributed by atoms with E-state index < -0.39 is 0 Å². The van der Waals surface area contributed by atoms with Crippen molar-refractivity contribution in [3.63, 3.8) is 0 Å². The van der Waals surface area contributed by atoms with Crippen LogP contribution in [0.25, 0.3) is 0 Å². The first-order valence-electron chi connectivity index (χ1n) is 9.92. The second-order valence-electron chi connectivity index (χ2n) is 6.88. The van der Waals surface area contributed by atoms with Crippen molar-refractivity contribution in [3.8, 4) is 5.75 Å². The number of para-hydroxylation sites is 1. The van der Waals surface area contributed by atoms with Crippen LogP contribution in [-0.4, -0.2) is 21.1 Å². The molecule has 4 rings (SSSR count). The molecule has 0 amide bonds. The van der Waals surface area contributed by atoms with Crippen molar-refractivity contribution in [1.82, 2.24) is 14.9 Å². The molecule has 1 aromatic heterocycles. The van der Waals surface area contributed by atoms with E-state index in [1.54, 1.807) is 18.3 Å². The van der Waals surface area contributed by atoms with E-state index in [4.69, 9.17) is 22.2 Å². The minimum atomic E-state index is -0.272. The highest BCUT2D eigenvalue weighted by molar-refractivity contribution is 7.98. The van der Waals surface area contributed by atoms with Gasteiger partial charge < -0.3 is 10.6 Å². The van der Waals surface area contributed by atoms with Gasteiger partial charge in [0.2, 0.25) is 5.16 Å². The smallest absolute Gasteiger partial charge is 0.264 e. The van der Waals surface area contributed by atoms with E-state index in [9.17, 15) is 4.39 Å². The van der Waals surface area contributed by atoms with E-state index in [1.807, 2.05) is 48.5 Å². The fourth-order valence-electron chi connectivity index (χ4n) is 2.83. The summed E-state index contributed by atoms with van der Waals surface area (Å²) in [6.07, 6.45) is 1.61. The average Bonchev–Trinajstić information content (AvgIpc) is 3.18. The van der Waals surface area contributed by atoms with Crippen LogP contribution in [0.3, 0.4) is 0 Å². The van der Waals surface area contributed by atoms with Gasteiger partial charge in [-0.1, -0.05) is 65.8 Å². The van der Waals surface area contributed by atoms with Crippen molar-refractivity contribution in [2.75, 3.05) is 11.3 Å². The molecule has 0 aliphatic heterocycles. The summed E-state index contributed by atoms with van der Waals surface area (Å²) in [7, 11) is 0. The minimum absolute atomic E-state index is 0.272. The molecule has 1 heterocycles. The largest absolute Gasteiger partial charge is 0.488 e. The summed E-state index contributed by atoms with van der Waals surface area (Å²) in [5, 5.41) is 13.4. The molecule has 10 heteroatoms. The predicted octanol–water partition coefficient (Wildman–Crippen LogP) is 5.10. The van der Waals surface area contributed by atoms with Gasteiger partial charge in [-0.2, -0.15) is 5.10 Å². The Balaban J connectivity index is 1.36. The number of benzene rings is 3. The first kappa shape index (κ1) is 22.6. The molecule has 0 spiro atoms. The maximum absolute atomic E-state index is 13.0. The maximum atomic E-state index is 13.0. The highest BCUT2D eigenvalue weighted by Gasteiger charge is 2.10. The van der Waals surface area contributed by atoms with Gasteiger partial charge in [0.05, 0.1) is 6.21 Å². The van der Waals surface area contributed by atoms with Gasteiger partial charge in [0.25, 0.3) is 5.95 Å². The first-order valence-corrected chi connectivity index (χ1v) is 11.3. The normalized spacial score (nSPS) is 11.1. The molecule has 0 radical (unpaired) electrons. The molecular weight excluding hydrogens is 463 g/mol. The van der Waals surface area contributed by atoms with Crippen LogP contribution < -0.4 is 16.0 Å². The van der Waals surface area contributed by atoms with Crippen LogP contribution in [0.4, 0.5) is 10.3 Å². The molecular formula is C23H20ClFN6OS. The van der Waals surface area contributed by atoms with Crippen LogP contribution in [0.2, 0.25) is 5.02 Å². The van der Waals surface area contributed by atoms with Gasteiger partial charge in [-0.3, -0.25) is 0 Å². The lowest BCUT2D eigenvalue weighted by molar-refractivity contribution is 0.306. The Morgan fingerprint density at radius 3 is 2.64 bits per heavy atom. The molecule has 3 aromatic carbocycles. The molecule has 168 valence electrons. The third kappa shape index (κ3) is 6.03. The summed E-state index contributed by atoms with van der Waals surface area (Å²) in [6.45, 7) is 0.337. The van der Waals surface area contributed by atoms with Gasteiger partial charge in [0.15, 0.2) is 0 Å². The van der Waals surface area contributed by atoms with Crippen molar-refractivity contribution < 1.29 is 9.13 Å². The van der Waals surface area contributed by atoms with Crippen molar-refractivity contribution in [1.29, 1.82) is 0 Å². The zero-order valence-corrected chi connectivity index (χ0v) is 18.9. The molecule has 0 unspecified atom stereocenters. The van der Waals surface area contributed by atoms with Gasteiger partial charge in [-0.15, -0.1) is 10.2 Å². The zero-order chi connectivity index (χ0) is 23.0. The monoisotopic (exact) mass is 482 g/mol. The van der Waals surface area contributed by atoms with Crippen LogP contribution in [0.1, 0.15) is 16.7 Å². The summed E-state index contributed by atoms with van der Waals surface area (Å²) in [5.41, 5.74) is 5.41. The number of rotatable bonds is 9. The fourth-order valence-corrected chi connectivity index (χ4v) is 3.83. The highest BCUT2D eigenvalue weighted by atomic mass is 35.5. The molecule has 3 N–H and O–H groups in total. The van der Waals surface area contributed by atoms with E-state index in [2.05, 4.69) is 20.7 Å². The summed E-state index contributed by atoms with van der Waals surface area (Å²) >= 11 is 7.59. The second kappa shape index (κ2) is 10.8. The van der Waals surface area contributed by atoms with E-state index >= 15 is 0 Å². The number of nitrogens with one attached hydrogen (secondary N) is 1. The minimum Gasteiger partial charge on any atom is -0.488 e. The molecule has 0 aliphatic carbocycles. The number of hydrogen-bond donors (Lipinski definition) is 2. The lowest BCUT2D eigenvalue weighted by Crippen LogP contribution is -2.13. The number of nitrogens with zero attached hydrogens (tertiary/aromatic N) is 4. The third-order valence-electron chi connectivity index (χ3n) is 4.57. The molecule has 0 fully saturated rings. The number of hydrazone groups is 1. The molecule has 0 atom stereocenters.